The van der Waals surface area contributed by atoms with Crippen molar-refractivity contribution in [2.24, 2.45) is 4.99 Å². The fourth-order valence-electron chi connectivity index (χ4n) is 3.22. The van der Waals surface area contributed by atoms with Gasteiger partial charge in [-0.15, -0.1) is 11.3 Å². The SMILES string of the molecule is O=[N+]([O-])c1ccc(-c2csc(=Nc3ccccc3Cl)n2CC2CCCO2)cc1. The number of ether oxygens (including phenoxy) is 1. The highest BCUT2D eigenvalue weighted by Gasteiger charge is 2.19. The van der Waals surface area contributed by atoms with Crippen LogP contribution in [-0.4, -0.2) is 22.2 Å². The highest BCUT2D eigenvalue weighted by molar-refractivity contribution is 7.07. The van der Waals surface area contributed by atoms with Crippen molar-refractivity contribution >= 4 is 34.3 Å². The molecule has 2 aromatic carbocycles. The maximum atomic E-state index is 10.9. The van der Waals surface area contributed by atoms with E-state index in [0.717, 1.165) is 35.5 Å². The smallest absolute Gasteiger partial charge is 0.269 e. The maximum Gasteiger partial charge on any atom is 0.269 e. The van der Waals surface area contributed by atoms with Gasteiger partial charge in [-0.2, -0.15) is 0 Å². The van der Waals surface area contributed by atoms with Gasteiger partial charge in [-0.25, -0.2) is 4.99 Å². The Bertz CT molecular complexity index is 1050. The van der Waals surface area contributed by atoms with E-state index >= 15 is 0 Å². The fraction of sp³-hybridized carbons (Fsp3) is 0.250. The Kier molecular flexibility index (Phi) is 5.57. The average Bonchev–Trinajstić information content (AvgIpc) is 3.35. The second-order valence-corrected chi connectivity index (χ2v) is 7.76. The van der Waals surface area contributed by atoms with Gasteiger partial charge < -0.3 is 9.30 Å². The Balaban J connectivity index is 1.79. The molecule has 0 radical (unpaired) electrons. The van der Waals surface area contributed by atoms with E-state index in [9.17, 15) is 10.1 Å². The Labute approximate surface area is 170 Å². The van der Waals surface area contributed by atoms with Gasteiger partial charge in [0, 0.05) is 24.1 Å². The molecule has 0 bridgehead atoms. The summed E-state index contributed by atoms with van der Waals surface area (Å²) in [6.45, 7) is 1.46. The van der Waals surface area contributed by atoms with Crippen LogP contribution in [0.5, 0.6) is 0 Å². The molecule has 0 spiro atoms. The molecular formula is C20H18ClN3O3S. The number of halogens is 1. The van der Waals surface area contributed by atoms with Crippen LogP contribution in [0.15, 0.2) is 58.9 Å². The molecule has 1 atom stereocenters. The molecule has 1 aliphatic heterocycles. The first-order chi connectivity index (χ1) is 13.6. The summed E-state index contributed by atoms with van der Waals surface area (Å²) < 4.78 is 7.94. The quantitative estimate of drug-likeness (QED) is 0.425. The summed E-state index contributed by atoms with van der Waals surface area (Å²) >= 11 is 7.80. The Hall–Kier alpha value is -2.48. The third kappa shape index (κ3) is 4.01. The fourth-order valence-corrected chi connectivity index (χ4v) is 4.33. The monoisotopic (exact) mass is 415 g/mol. The number of rotatable bonds is 5. The Morgan fingerprint density at radius 2 is 2.04 bits per heavy atom. The molecule has 0 saturated carbocycles. The van der Waals surface area contributed by atoms with Crippen molar-refractivity contribution < 1.29 is 9.66 Å². The van der Waals surface area contributed by atoms with Crippen molar-refractivity contribution in [1.82, 2.24) is 4.57 Å². The van der Waals surface area contributed by atoms with E-state index in [1.54, 1.807) is 12.1 Å². The molecule has 144 valence electrons. The van der Waals surface area contributed by atoms with Crippen molar-refractivity contribution in [3.8, 4) is 11.3 Å². The van der Waals surface area contributed by atoms with E-state index in [1.165, 1.54) is 23.5 Å². The summed E-state index contributed by atoms with van der Waals surface area (Å²) in [7, 11) is 0. The van der Waals surface area contributed by atoms with E-state index < -0.39 is 4.92 Å². The predicted molar refractivity (Wildman–Crippen MR) is 110 cm³/mol. The van der Waals surface area contributed by atoms with Gasteiger partial charge in [0.15, 0.2) is 4.80 Å². The molecule has 28 heavy (non-hydrogen) atoms. The van der Waals surface area contributed by atoms with E-state index in [0.29, 0.717) is 17.3 Å². The van der Waals surface area contributed by atoms with Gasteiger partial charge in [-0.1, -0.05) is 23.7 Å². The highest BCUT2D eigenvalue weighted by atomic mass is 35.5. The van der Waals surface area contributed by atoms with Crippen molar-refractivity contribution in [3.05, 3.63) is 73.8 Å². The van der Waals surface area contributed by atoms with Crippen LogP contribution in [0.3, 0.4) is 0 Å². The van der Waals surface area contributed by atoms with Gasteiger partial charge in [0.1, 0.15) is 0 Å². The lowest BCUT2D eigenvalue weighted by Gasteiger charge is -2.14. The third-order valence-electron chi connectivity index (χ3n) is 4.65. The lowest BCUT2D eigenvalue weighted by atomic mass is 10.1. The molecule has 1 aliphatic rings. The largest absolute Gasteiger partial charge is 0.376 e. The Morgan fingerprint density at radius 3 is 2.71 bits per heavy atom. The molecular weight excluding hydrogens is 398 g/mol. The predicted octanol–water partition coefficient (Wildman–Crippen LogP) is 5.19. The van der Waals surface area contributed by atoms with E-state index in [1.807, 2.05) is 29.6 Å². The molecule has 6 nitrogen and oxygen atoms in total. The van der Waals surface area contributed by atoms with Gasteiger partial charge in [0.25, 0.3) is 5.69 Å². The van der Waals surface area contributed by atoms with Crippen LogP contribution < -0.4 is 4.80 Å². The van der Waals surface area contributed by atoms with Crippen LogP contribution in [-0.2, 0) is 11.3 Å². The standard InChI is InChI=1S/C20H18ClN3O3S/c21-17-5-1-2-6-18(17)22-20-23(12-16-4-3-11-27-16)19(13-28-20)14-7-9-15(10-8-14)24(25)26/h1-2,5-10,13,16H,3-4,11-12H2. The zero-order chi connectivity index (χ0) is 19.5. The van der Waals surface area contributed by atoms with Gasteiger partial charge in [0.2, 0.25) is 0 Å². The second-order valence-electron chi connectivity index (χ2n) is 6.52. The molecule has 1 aromatic heterocycles. The van der Waals surface area contributed by atoms with E-state index in [2.05, 4.69) is 4.57 Å². The number of thiazole rings is 1. The molecule has 0 amide bonds. The first-order valence-corrected chi connectivity index (χ1v) is 10.2. The van der Waals surface area contributed by atoms with Gasteiger partial charge in [-0.05, 0) is 42.7 Å². The summed E-state index contributed by atoms with van der Waals surface area (Å²) in [5.41, 5.74) is 2.65. The topological polar surface area (TPSA) is 69.7 Å². The minimum absolute atomic E-state index is 0.0747. The zero-order valence-electron chi connectivity index (χ0n) is 15.0. The number of para-hydroxylation sites is 1. The van der Waals surface area contributed by atoms with Crippen LogP contribution in [0.1, 0.15) is 12.8 Å². The number of aromatic nitrogens is 1. The molecule has 3 aromatic rings. The minimum Gasteiger partial charge on any atom is -0.376 e. The number of benzene rings is 2. The van der Waals surface area contributed by atoms with Crippen LogP contribution in [0.4, 0.5) is 11.4 Å². The first-order valence-electron chi connectivity index (χ1n) is 8.96. The molecule has 1 fully saturated rings. The van der Waals surface area contributed by atoms with Crippen LogP contribution >= 0.6 is 22.9 Å². The van der Waals surface area contributed by atoms with E-state index in [-0.39, 0.29) is 11.8 Å². The summed E-state index contributed by atoms with van der Waals surface area (Å²) in [6, 6.07) is 14.1. The van der Waals surface area contributed by atoms with Gasteiger partial charge in [0.05, 0.1) is 34.0 Å². The molecule has 0 aliphatic carbocycles. The number of hydrogen-bond donors (Lipinski definition) is 0. The molecule has 1 unspecified atom stereocenters. The first kappa shape index (κ1) is 18.9. The number of hydrogen-bond acceptors (Lipinski definition) is 5. The van der Waals surface area contributed by atoms with Crippen LogP contribution in [0.25, 0.3) is 11.3 Å². The van der Waals surface area contributed by atoms with Crippen LogP contribution in [0, 0.1) is 10.1 Å². The maximum absolute atomic E-state index is 10.9. The summed E-state index contributed by atoms with van der Waals surface area (Å²) in [4.78, 5) is 16.1. The van der Waals surface area contributed by atoms with Crippen LogP contribution in [0.2, 0.25) is 5.02 Å². The van der Waals surface area contributed by atoms with Gasteiger partial charge in [-0.3, -0.25) is 10.1 Å². The lowest BCUT2D eigenvalue weighted by molar-refractivity contribution is -0.384. The van der Waals surface area contributed by atoms with Crippen molar-refractivity contribution in [3.63, 3.8) is 0 Å². The minimum atomic E-state index is -0.393. The molecule has 0 N–H and O–H groups in total. The molecule has 1 saturated heterocycles. The lowest BCUT2D eigenvalue weighted by Crippen LogP contribution is -2.24. The second kappa shape index (κ2) is 8.26. The zero-order valence-corrected chi connectivity index (χ0v) is 16.5. The van der Waals surface area contributed by atoms with Gasteiger partial charge >= 0.3 is 0 Å². The number of nitrogens with zero attached hydrogens (tertiary/aromatic N) is 3. The summed E-state index contributed by atoms with van der Waals surface area (Å²) in [5, 5.41) is 13.6. The van der Waals surface area contributed by atoms with E-state index in [4.69, 9.17) is 21.3 Å². The number of non-ortho nitro benzene ring substituents is 1. The summed E-state index contributed by atoms with van der Waals surface area (Å²) in [5.74, 6) is 0. The molecule has 4 rings (SSSR count). The molecule has 2 heterocycles. The van der Waals surface area contributed by atoms with Crippen molar-refractivity contribution in [2.75, 3.05) is 6.61 Å². The highest BCUT2D eigenvalue weighted by Crippen LogP contribution is 2.27. The Morgan fingerprint density at radius 1 is 1.25 bits per heavy atom. The average molecular weight is 416 g/mol. The molecule has 8 heteroatoms. The number of nitro benzene ring substituents is 1. The number of nitro groups is 1. The third-order valence-corrected chi connectivity index (χ3v) is 5.83. The summed E-state index contributed by atoms with van der Waals surface area (Å²) in [6.07, 6.45) is 2.20. The normalized spacial score (nSPS) is 17.2. The van der Waals surface area contributed by atoms with Crippen molar-refractivity contribution in [2.45, 2.75) is 25.5 Å². The van der Waals surface area contributed by atoms with Crippen molar-refractivity contribution in [1.29, 1.82) is 0 Å².